The lowest BCUT2D eigenvalue weighted by Crippen LogP contribution is -2.39. The third-order valence-corrected chi connectivity index (χ3v) is 5.43. The predicted octanol–water partition coefficient (Wildman–Crippen LogP) is 2.66. The molecule has 0 unspecified atom stereocenters. The van der Waals surface area contributed by atoms with Crippen LogP contribution in [0, 0.1) is 5.92 Å². The summed E-state index contributed by atoms with van der Waals surface area (Å²) in [6, 6.07) is 7.79. The van der Waals surface area contributed by atoms with E-state index < -0.39 is 10.0 Å². The number of benzene rings is 1. The molecule has 5 heteroatoms. The Labute approximate surface area is 127 Å². The number of rotatable bonds is 4. The Kier molecular flexibility index (Phi) is 4.84. The zero-order valence-electron chi connectivity index (χ0n) is 12.9. The summed E-state index contributed by atoms with van der Waals surface area (Å²) < 4.78 is 24.4. The van der Waals surface area contributed by atoms with Gasteiger partial charge in [0.2, 0.25) is 10.0 Å². The van der Waals surface area contributed by atoms with E-state index in [4.69, 9.17) is 0 Å². The normalized spacial score (nSPS) is 18.1. The van der Waals surface area contributed by atoms with Crippen molar-refractivity contribution in [3.8, 4) is 0 Å². The van der Waals surface area contributed by atoms with Crippen LogP contribution in [0.4, 0.5) is 0 Å². The molecule has 1 saturated heterocycles. The van der Waals surface area contributed by atoms with E-state index in [0.29, 0.717) is 31.8 Å². The summed E-state index contributed by atoms with van der Waals surface area (Å²) in [5.74, 6) is 0.473. The van der Waals surface area contributed by atoms with Crippen molar-refractivity contribution < 1.29 is 13.2 Å². The van der Waals surface area contributed by atoms with Crippen molar-refractivity contribution in [3.63, 3.8) is 0 Å². The second-order valence-electron chi connectivity index (χ2n) is 6.08. The van der Waals surface area contributed by atoms with Crippen molar-refractivity contribution in [2.45, 2.75) is 32.6 Å². The molecule has 0 aromatic heterocycles. The van der Waals surface area contributed by atoms with Gasteiger partial charge in [-0.15, -0.1) is 0 Å². The number of Topliss-reactive ketones (excluding diaryl/α,β-unsaturated/α-hetero) is 1. The molecule has 1 aliphatic heterocycles. The van der Waals surface area contributed by atoms with Gasteiger partial charge in [0.05, 0.1) is 6.26 Å². The van der Waals surface area contributed by atoms with E-state index >= 15 is 0 Å². The van der Waals surface area contributed by atoms with E-state index in [1.807, 2.05) is 24.3 Å². The Morgan fingerprint density at radius 2 is 1.86 bits per heavy atom. The lowest BCUT2D eigenvalue weighted by Gasteiger charge is -2.29. The number of nitrogens with zero attached hydrogens (tertiary/aromatic N) is 1. The highest BCUT2D eigenvalue weighted by molar-refractivity contribution is 7.88. The summed E-state index contributed by atoms with van der Waals surface area (Å²) >= 11 is 0. The van der Waals surface area contributed by atoms with Crippen molar-refractivity contribution in [1.29, 1.82) is 0 Å². The van der Waals surface area contributed by atoms with Gasteiger partial charge in [-0.2, -0.15) is 0 Å². The van der Waals surface area contributed by atoms with Gasteiger partial charge in [0.25, 0.3) is 0 Å². The Balaban J connectivity index is 2.07. The van der Waals surface area contributed by atoms with E-state index in [2.05, 4.69) is 13.8 Å². The quantitative estimate of drug-likeness (QED) is 0.804. The minimum atomic E-state index is -3.14. The summed E-state index contributed by atoms with van der Waals surface area (Å²) in [4.78, 5) is 12.6. The van der Waals surface area contributed by atoms with Gasteiger partial charge in [-0.3, -0.25) is 4.79 Å². The molecule has 0 bridgehead atoms. The SMILES string of the molecule is CC(C)c1cccc(C(=O)C2CCN(S(C)(=O)=O)CC2)c1. The molecular weight excluding hydrogens is 286 g/mol. The third-order valence-electron chi connectivity index (χ3n) is 4.13. The monoisotopic (exact) mass is 309 g/mol. The molecule has 0 N–H and O–H groups in total. The van der Waals surface area contributed by atoms with Crippen LogP contribution in [0.1, 0.15) is 48.5 Å². The number of hydrogen-bond donors (Lipinski definition) is 0. The first kappa shape index (κ1) is 16.2. The van der Waals surface area contributed by atoms with Gasteiger partial charge < -0.3 is 0 Å². The number of sulfonamides is 1. The van der Waals surface area contributed by atoms with E-state index in [9.17, 15) is 13.2 Å². The van der Waals surface area contributed by atoms with Crippen LogP contribution < -0.4 is 0 Å². The highest BCUT2D eigenvalue weighted by atomic mass is 32.2. The predicted molar refractivity (Wildman–Crippen MR) is 84.0 cm³/mol. The average molecular weight is 309 g/mol. The molecule has 21 heavy (non-hydrogen) atoms. The fourth-order valence-corrected chi connectivity index (χ4v) is 3.61. The Bertz CT molecular complexity index is 614. The van der Waals surface area contributed by atoms with Gasteiger partial charge in [-0.1, -0.05) is 32.0 Å². The smallest absolute Gasteiger partial charge is 0.211 e. The molecule has 0 aliphatic carbocycles. The third kappa shape index (κ3) is 3.92. The fraction of sp³-hybridized carbons (Fsp3) is 0.562. The molecule has 1 heterocycles. The molecule has 2 rings (SSSR count). The molecule has 1 aromatic rings. The molecule has 4 nitrogen and oxygen atoms in total. The van der Waals surface area contributed by atoms with Crippen molar-refractivity contribution in [2.24, 2.45) is 5.92 Å². The van der Waals surface area contributed by atoms with Crippen LogP contribution in [0.15, 0.2) is 24.3 Å². The number of carbonyl (C=O) groups excluding carboxylic acids is 1. The molecule has 0 radical (unpaired) electrons. The highest BCUT2D eigenvalue weighted by Crippen LogP contribution is 2.24. The Morgan fingerprint density at radius 3 is 2.38 bits per heavy atom. The van der Waals surface area contributed by atoms with Crippen LogP contribution in [-0.2, 0) is 10.0 Å². The lowest BCUT2D eigenvalue weighted by atomic mass is 9.88. The number of ketones is 1. The zero-order chi connectivity index (χ0) is 15.6. The number of hydrogen-bond acceptors (Lipinski definition) is 3. The minimum absolute atomic E-state index is 0.0644. The van der Waals surface area contributed by atoms with Gasteiger partial charge in [0.15, 0.2) is 5.78 Å². The largest absolute Gasteiger partial charge is 0.294 e. The molecule has 1 fully saturated rings. The summed E-state index contributed by atoms with van der Waals surface area (Å²) in [5.41, 5.74) is 1.91. The summed E-state index contributed by atoms with van der Waals surface area (Å²) in [6.07, 6.45) is 2.44. The van der Waals surface area contributed by atoms with E-state index in [1.165, 1.54) is 10.6 Å². The second kappa shape index (κ2) is 6.28. The van der Waals surface area contributed by atoms with Crippen LogP contribution in [0.2, 0.25) is 0 Å². The maximum atomic E-state index is 12.6. The Hall–Kier alpha value is -1.20. The topological polar surface area (TPSA) is 54.5 Å². The zero-order valence-corrected chi connectivity index (χ0v) is 13.7. The van der Waals surface area contributed by atoms with Crippen molar-refractivity contribution in [3.05, 3.63) is 35.4 Å². The van der Waals surface area contributed by atoms with E-state index in [0.717, 1.165) is 11.1 Å². The lowest BCUT2D eigenvalue weighted by molar-refractivity contribution is 0.0875. The maximum absolute atomic E-state index is 12.6. The molecule has 0 spiro atoms. The van der Waals surface area contributed by atoms with Gasteiger partial charge >= 0.3 is 0 Å². The van der Waals surface area contributed by atoms with Crippen LogP contribution in [0.3, 0.4) is 0 Å². The summed E-state index contributed by atoms with van der Waals surface area (Å²) in [7, 11) is -3.14. The standard InChI is InChI=1S/C16H23NO3S/c1-12(2)14-5-4-6-15(11-14)16(18)13-7-9-17(10-8-13)21(3,19)20/h4-6,11-13H,7-10H2,1-3H3. The van der Waals surface area contributed by atoms with Gasteiger partial charge in [0.1, 0.15) is 0 Å². The first-order valence-electron chi connectivity index (χ1n) is 7.38. The van der Waals surface area contributed by atoms with Crippen LogP contribution in [0.5, 0.6) is 0 Å². The molecule has 0 saturated carbocycles. The van der Waals surface area contributed by atoms with Crippen LogP contribution in [-0.4, -0.2) is 37.9 Å². The van der Waals surface area contributed by atoms with Crippen molar-refractivity contribution in [2.75, 3.05) is 19.3 Å². The molecule has 1 aromatic carbocycles. The number of piperidine rings is 1. The molecule has 1 aliphatic rings. The summed E-state index contributed by atoms with van der Waals surface area (Å²) in [5, 5.41) is 0. The van der Waals surface area contributed by atoms with Crippen LogP contribution in [0.25, 0.3) is 0 Å². The highest BCUT2D eigenvalue weighted by Gasteiger charge is 2.29. The minimum Gasteiger partial charge on any atom is -0.294 e. The first-order chi connectivity index (χ1) is 9.79. The average Bonchev–Trinajstić information content (AvgIpc) is 2.46. The van der Waals surface area contributed by atoms with E-state index in [-0.39, 0.29) is 11.7 Å². The van der Waals surface area contributed by atoms with Gasteiger partial charge in [0, 0.05) is 24.6 Å². The molecule has 116 valence electrons. The second-order valence-corrected chi connectivity index (χ2v) is 8.06. The molecule has 0 atom stereocenters. The van der Waals surface area contributed by atoms with Gasteiger partial charge in [-0.25, -0.2) is 12.7 Å². The Morgan fingerprint density at radius 1 is 1.24 bits per heavy atom. The molecule has 0 amide bonds. The number of carbonyl (C=O) groups is 1. The van der Waals surface area contributed by atoms with Gasteiger partial charge in [-0.05, 0) is 30.4 Å². The first-order valence-corrected chi connectivity index (χ1v) is 9.23. The summed E-state index contributed by atoms with van der Waals surface area (Å²) in [6.45, 7) is 5.10. The van der Waals surface area contributed by atoms with Crippen LogP contribution >= 0.6 is 0 Å². The maximum Gasteiger partial charge on any atom is 0.211 e. The van der Waals surface area contributed by atoms with Crippen molar-refractivity contribution >= 4 is 15.8 Å². The van der Waals surface area contributed by atoms with E-state index in [1.54, 1.807) is 0 Å². The molecular formula is C16H23NO3S. The fourth-order valence-electron chi connectivity index (χ4n) is 2.74. The van der Waals surface area contributed by atoms with Crippen molar-refractivity contribution in [1.82, 2.24) is 4.31 Å².